The first-order valence-electron chi connectivity index (χ1n) is 7.96. The van der Waals surface area contributed by atoms with E-state index in [1.165, 1.54) is 6.07 Å². The fourth-order valence-corrected chi connectivity index (χ4v) is 2.42. The standard InChI is InChI=1S/C18H17N3O4/c22-17(11-13-3-1-2-4-16(13)21(24)25)19-14-7-5-12(6-8-14)18(23)20-15-9-10-15/h1-8,15H,9-11H2,(H,19,22)(H,20,23). The van der Waals surface area contributed by atoms with Crippen LogP contribution in [0.1, 0.15) is 28.8 Å². The molecule has 1 aliphatic rings. The van der Waals surface area contributed by atoms with Gasteiger partial charge in [0.25, 0.3) is 11.6 Å². The van der Waals surface area contributed by atoms with E-state index in [9.17, 15) is 19.7 Å². The van der Waals surface area contributed by atoms with Gasteiger partial charge in [0.15, 0.2) is 0 Å². The van der Waals surface area contributed by atoms with Gasteiger partial charge in [0.2, 0.25) is 5.91 Å². The van der Waals surface area contributed by atoms with Crippen molar-refractivity contribution in [1.82, 2.24) is 5.32 Å². The van der Waals surface area contributed by atoms with E-state index in [1.54, 1.807) is 42.5 Å². The van der Waals surface area contributed by atoms with Crippen LogP contribution in [0.3, 0.4) is 0 Å². The summed E-state index contributed by atoms with van der Waals surface area (Å²) in [6.07, 6.45) is 1.94. The minimum Gasteiger partial charge on any atom is -0.349 e. The largest absolute Gasteiger partial charge is 0.349 e. The van der Waals surface area contributed by atoms with E-state index in [4.69, 9.17) is 0 Å². The van der Waals surface area contributed by atoms with Gasteiger partial charge in [0.05, 0.1) is 11.3 Å². The van der Waals surface area contributed by atoms with Crippen LogP contribution in [0.15, 0.2) is 48.5 Å². The molecule has 0 atom stereocenters. The van der Waals surface area contributed by atoms with E-state index < -0.39 is 4.92 Å². The van der Waals surface area contributed by atoms with E-state index in [0.29, 0.717) is 16.8 Å². The van der Waals surface area contributed by atoms with Gasteiger partial charge in [-0.15, -0.1) is 0 Å². The average Bonchev–Trinajstić information content (AvgIpc) is 3.39. The Morgan fingerprint density at radius 2 is 1.76 bits per heavy atom. The first kappa shape index (κ1) is 16.6. The SMILES string of the molecule is O=C(Cc1ccccc1[N+](=O)[O-])Nc1ccc(C(=O)NC2CC2)cc1. The van der Waals surface area contributed by atoms with Crippen LogP contribution in [0.25, 0.3) is 0 Å². The summed E-state index contributed by atoms with van der Waals surface area (Å²) in [6.45, 7) is 0. The van der Waals surface area contributed by atoms with Crippen LogP contribution in [0, 0.1) is 10.1 Å². The summed E-state index contributed by atoms with van der Waals surface area (Å²) < 4.78 is 0. The molecule has 3 rings (SSSR count). The van der Waals surface area contributed by atoms with Crippen molar-refractivity contribution in [2.45, 2.75) is 25.3 Å². The monoisotopic (exact) mass is 339 g/mol. The Labute approximate surface area is 144 Å². The van der Waals surface area contributed by atoms with Crippen LogP contribution < -0.4 is 10.6 Å². The van der Waals surface area contributed by atoms with Gasteiger partial charge in [-0.25, -0.2) is 0 Å². The highest BCUT2D eigenvalue weighted by Crippen LogP contribution is 2.20. The Bertz CT molecular complexity index is 813. The molecule has 2 aromatic rings. The summed E-state index contributed by atoms with van der Waals surface area (Å²) in [5, 5.41) is 16.6. The van der Waals surface area contributed by atoms with E-state index in [0.717, 1.165) is 12.8 Å². The number of hydrogen-bond donors (Lipinski definition) is 2. The smallest absolute Gasteiger partial charge is 0.273 e. The third-order valence-corrected chi connectivity index (χ3v) is 3.88. The molecule has 2 amide bonds. The Kier molecular flexibility index (Phi) is 4.74. The summed E-state index contributed by atoms with van der Waals surface area (Å²) in [4.78, 5) is 34.5. The van der Waals surface area contributed by atoms with Crippen molar-refractivity contribution in [2.24, 2.45) is 0 Å². The van der Waals surface area contributed by atoms with Crippen LogP contribution in [0.2, 0.25) is 0 Å². The number of para-hydroxylation sites is 1. The van der Waals surface area contributed by atoms with Gasteiger partial charge < -0.3 is 10.6 Å². The van der Waals surface area contributed by atoms with Gasteiger partial charge in [-0.1, -0.05) is 18.2 Å². The fourth-order valence-electron chi connectivity index (χ4n) is 2.42. The van der Waals surface area contributed by atoms with Gasteiger partial charge in [-0.3, -0.25) is 19.7 Å². The van der Waals surface area contributed by atoms with Gasteiger partial charge in [-0.2, -0.15) is 0 Å². The third kappa shape index (κ3) is 4.41. The maximum atomic E-state index is 12.1. The first-order valence-corrected chi connectivity index (χ1v) is 7.96. The van der Waals surface area contributed by atoms with Crippen LogP contribution in [-0.2, 0) is 11.2 Å². The van der Waals surface area contributed by atoms with Crippen molar-refractivity contribution in [3.8, 4) is 0 Å². The lowest BCUT2D eigenvalue weighted by atomic mass is 10.1. The van der Waals surface area contributed by atoms with E-state index in [1.807, 2.05) is 0 Å². The average molecular weight is 339 g/mol. The molecule has 1 aliphatic carbocycles. The molecule has 0 unspecified atom stereocenters. The maximum absolute atomic E-state index is 12.1. The number of amides is 2. The lowest BCUT2D eigenvalue weighted by molar-refractivity contribution is -0.385. The van der Waals surface area contributed by atoms with Crippen molar-refractivity contribution in [2.75, 3.05) is 5.32 Å². The quantitative estimate of drug-likeness (QED) is 0.624. The highest BCUT2D eigenvalue weighted by atomic mass is 16.6. The zero-order chi connectivity index (χ0) is 17.8. The minimum absolute atomic E-state index is 0.0789. The molecule has 2 aromatic carbocycles. The second-order valence-electron chi connectivity index (χ2n) is 5.94. The zero-order valence-corrected chi connectivity index (χ0v) is 13.4. The molecular formula is C18H17N3O4. The number of hydrogen-bond acceptors (Lipinski definition) is 4. The van der Waals surface area contributed by atoms with Gasteiger partial charge in [0.1, 0.15) is 0 Å². The van der Waals surface area contributed by atoms with Crippen LogP contribution in [0.4, 0.5) is 11.4 Å². The molecule has 25 heavy (non-hydrogen) atoms. The lowest BCUT2D eigenvalue weighted by Crippen LogP contribution is -2.25. The molecule has 1 fully saturated rings. The summed E-state index contributed by atoms with van der Waals surface area (Å²) in [5.41, 5.74) is 1.34. The number of carbonyl (C=O) groups is 2. The Morgan fingerprint density at radius 1 is 1.08 bits per heavy atom. The van der Waals surface area contributed by atoms with Crippen LogP contribution in [0.5, 0.6) is 0 Å². The number of anilines is 1. The van der Waals surface area contributed by atoms with Crippen molar-refractivity contribution >= 4 is 23.2 Å². The second kappa shape index (κ2) is 7.12. The van der Waals surface area contributed by atoms with Gasteiger partial charge >= 0.3 is 0 Å². The minimum atomic E-state index is -0.504. The van der Waals surface area contributed by atoms with E-state index >= 15 is 0 Å². The van der Waals surface area contributed by atoms with Gasteiger partial charge in [-0.05, 0) is 37.1 Å². The number of nitro groups is 1. The number of rotatable bonds is 6. The summed E-state index contributed by atoms with van der Waals surface area (Å²) in [6, 6.07) is 13.0. The molecule has 2 N–H and O–H groups in total. The molecule has 1 saturated carbocycles. The molecule has 128 valence electrons. The summed E-state index contributed by atoms with van der Waals surface area (Å²) in [5.74, 6) is -0.482. The number of nitrogens with one attached hydrogen (secondary N) is 2. The zero-order valence-electron chi connectivity index (χ0n) is 13.4. The van der Waals surface area contributed by atoms with Crippen molar-refractivity contribution < 1.29 is 14.5 Å². The summed E-state index contributed by atoms with van der Waals surface area (Å²) >= 11 is 0. The normalized spacial score (nSPS) is 13.1. The molecule has 0 aromatic heterocycles. The van der Waals surface area contributed by atoms with Crippen LogP contribution in [-0.4, -0.2) is 22.8 Å². The predicted octanol–water partition coefficient (Wildman–Crippen LogP) is 2.67. The number of carbonyl (C=O) groups excluding carboxylic acids is 2. The Balaban J connectivity index is 1.61. The van der Waals surface area contributed by atoms with Crippen LogP contribution >= 0.6 is 0 Å². The lowest BCUT2D eigenvalue weighted by Gasteiger charge is -2.07. The Hall–Kier alpha value is -3.22. The molecular weight excluding hydrogens is 322 g/mol. The molecule has 0 saturated heterocycles. The topological polar surface area (TPSA) is 101 Å². The maximum Gasteiger partial charge on any atom is 0.273 e. The highest BCUT2D eigenvalue weighted by Gasteiger charge is 2.23. The van der Waals surface area contributed by atoms with Gasteiger partial charge in [0, 0.05) is 28.9 Å². The highest BCUT2D eigenvalue weighted by molar-refractivity contribution is 5.96. The number of nitrogens with zero attached hydrogens (tertiary/aromatic N) is 1. The molecule has 0 heterocycles. The molecule has 7 heteroatoms. The molecule has 7 nitrogen and oxygen atoms in total. The Morgan fingerprint density at radius 3 is 2.40 bits per heavy atom. The molecule has 0 bridgehead atoms. The van der Waals surface area contributed by atoms with Crippen molar-refractivity contribution in [3.05, 3.63) is 69.8 Å². The predicted molar refractivity (Wildman–Crippen MR) is 92.4 cm³/mol. The van der Waals surface area contributed by atoms with E-state index in [2.05, 4.69) is 10.6 Å². The molecule has 0 spiro atoms. The summed E-state index contributed by atoms with van der Waals surface area (Å²) in [7, 11) is 0. The van der Waals surface area contributed by atoms with Crippen molar-refractivity contribution in [3.63, 3.8) is 0 Å². The third-order valence-electron chi connectivity index (χ3n) is 3.88. The molecule has 0 aliphatic heterocycles. The van der Waals surface area contributed by atoms with Crippen molar-refractivity contribution in [1.29, 1.82) is 0 Å². The van der Waals surface area contributed by atoms with E-state index in [-0.39, 0.29) is 30.0 Å². The first-order chi connectivity index (χ1) is 12.0. The number of nitro benzene ring substituents is 1. The number of benzene rings is 2. The molecule has 0 radical (unpaired) electrons. The second-order valence-corrected chi connectivity index (χ2v) is 5.94. The fraction of sp³-hybridized carbons (Fsp3) is 0.222.